The van der Waals surface area contributed by atoms with E-state index in [0.717, 1.165) is 5.56 Å². The maximum absolute atomic E-state index is 12.6. The summed E-state index contributed by atoms with van der Waals surface area (Å²) in [5.74, 6) is 0.427. The standard InChI is InChI=1S/C20H25NO7S/c1-14(2)10-21(16-7-8-29(24,25)12-16)19(22)11-26-20(23)6-4-15-3-5-17-18(9-15)28-13-27-17/h3-6,9,14,16H,7-8,10-13H2,1-2H3. The Balaban J connectivity index is 1.55. The molecule has 9 heteroatoms. The maximum Gasteiger partial charge on any atom is 0.331 e. The van der Waals surface area contributed by atoms with Crippen LogP contribution in [0, 0.1) is 5.92 Å². The number of rotatable bonds is 7. The molecule has 1 fully saturated rings. The molecule has 0 spiro atoms. The summed E-state index contributed by atoms with van der Waals surface area (Å²) >= 11 is 0. The Kier molecular flexibility index (Phi) is 6.46. The zero-order chi connectivity index (χ0) is 21.0. The summed E-state index contributed by atoms with van der Waals surface area (Å²) in [6.45, 7) is 4.06. The van der Waals surface area contributed by atoms with Crippen LogP contribution in [0.2, 0.25) is 0 Å². The van der Waals surface area contributed by atoms with E-state index in [9.17, 15) is 18.0 Å². The number of nitrogens with zero attached hydrogens (tertiary/aromatic N) is 1. The molecule has 2 heterocycles. The van der Waals surface area contributed by atoms with Gasteiger partial charge in [-0.15, -0.1) is 0 Å². The first-order valence-corrected chi connectivity index (χ1v) is 11.3. The monoisotopic (exact) mass is 423 g/mol. The van der Waals surface area contributed by atoms with E-state index in [1.807, 2.05) is 13.8 Å². The van der Waals surface area contributed by atoms with Gasteiger partial charge in [0.15, 0.2) is 27.9 Å². The second kappa shape index (κ2) is 8.86. The molecule has 0 aliphatic carbocycles. The molecule has 0 radical (unpaired) electrons. The van der Waals surface area contributed by atoms with Crippen LogP contribution in [0.1, 0.15) is 25.8 Å². The summed E-state index contributed by atoms with van der Waals surface area (Å²) in [7, 11) is -3.12. The van der Waals surface area contributed by atoms with Gasteiger partial charge in [0.1, 0.15) is 0 Å². The number of sulfone groups is 1. The van der Waals surface area contributed by atoms with Gasteiger partial charge in [-0.3, -0.25) is 4.79 Å². The lowest BCUT2D eigenvalue weighted by molar-refractivity contribution is -0.149. The minimum Gasteiger partial charge on any atom is -0.454 e. The molecule has 3 rings (SSSR count). The van der Waals surface area contributed by atoms with Crippen LogP contribution in [-0.4, -0.2) is 62.7 Å². The molecule has 0 aromatic heterocycles. The van der Waals surface area contributed by atoms with Crippen molar-refractivity contribution >= 4 is 27.8 Å². The summed E-state index contributed by atoms with van der Waals surface area (Å²) in [6.07, 6.45) is 3.21. The summed E-state index contributed by atoms with van der Waals surface area (Å²) in [6, 6.07) is 4.89. The van der Waals surface area contributed by atoms with Gasteiger partial charge in [-0.05, 0) is 36.1 Å². The first kappa shape index (κ1) is 21.2. The number of ether oxygens (including phenoxy) is 3. The fourth-order valence-corrected chi connectivity index (χ4v) is 5.04. The maximum atomic E-state index is 12.6. The van der Waals surface area contributed by atoms with Crippen LogP contribution in [0.25, 0.3) is 6.08 Å². The molecular weight excluding hydrogens is 398 g/mol. The molecule has 1 amide bonds. The molecular formula is C20H25NO7S. The highest BCUT2D eigenvalue weighted by atomic mass is 32.2. The molecule has 2 aliphatic heterocycles. The van der Waals surface area contributed by atoms with Gasteiger partial charge in [-0.2, -0.15) is 0 Å². The van der Waals surface area contributed by atoms with Gasteiger partial charge in [-0.1, -0.05) is 19.9 Å². The van der Waals surface area contributed by atoms with Crippen molar-refractivity contribution in [1.29, 1.82) is 0 Å². The van der Waals surface area contributed by atoms with E-state index in [1.165, 1.54) is 11.0 Å². The van der Waals surface area contributed by atoms with Gasteiger partial charge in [0.25, 0.3) is 5.91 Å². The van der Waals surface area contributed by atoms with E-state index in [0.29, 0.717) is 24.5 Å². The zero-order valence-corrected chi connectivity index (χ0v) is 17.3. The van der Waals surface area contributed by atoms with Crippen molar-refractivity contribution in [3.63, 3.8) is 0 Å². The third kappa shape index (κ3) is 5.72. The summed E-state index contributed by atoms with van der Waals surface area (Å²) < 4.78 is 39.1. The first-order valence-electron chi connectivity index (χ1n) is 9.48. The number of carbonyl (C=O) groups is 2. The van der Waals surface area contributed by atoms with Crippen molar-refractivity contribution in [3.05, 3.63) is 29.8 Å². The van der Waals surface area contributed by atoms with E-state index in [4.69, 9.17) is 14.2 Å². The van der Waals surface area contributed by atoms with Gasteiger partial charge in [0, 0.05) is 18.7 Å². The van der Waals surface area contributed by atoms with Gasteiger partial charge in [0.05, 0.1) is 11.5 Å². The Morgan fingerprint density at radius 2 is 2.03 bits per heavy atom. The van der Waals surface area contributed by atoms with Crippen LogP contribution in [0.5, 0.6) is 11.5 Å². The van der Waals surface area contributed by atoms with Gasteiger partial charge >= 0.3 is 5.97 Å². The highest BCUT2D eigenvalue weighted by Gasteiger charge is 2.35. The van der Waals surface area contributed by atoms with Crippen molar-refractivity contribution in [2.75, 3.05) is 31.5 Å². The minimum atomic E-state index is -3.12. The Hall–Kier alpha value is -2.55. The van der Waals surface area contributed by atoms with Crippen LogP contribution in [-0.2, 0) is 24.2 Å². The second-order valence-corrected chi connectivity index (χ2v) is 9.78. The highest BCUT2D eigenvalue weighted by molar-refractivity contribution is 7.91. The average Bonchev–Trinajstić information content (AvgIpc) is 3.27. The number of hydrogen-bond donors (Lipinski definition) is 0. The fourth-order valence-electron chi connectivity index (χ4n) is 3.31. The van der Waals surface area contributed by atoms with Crippen molar-refractivity contribution in [2.24, 2.45) is 5.92 Å². The number of carbonyl (C=O) groups excluding carboxylic acids is 2. The number of fused-ring (bicyclic) bond motifs is 1. The van der Waals surface area contributed by atoms with Crippen molar-refractivity contribution in [1.82, 2.24) is 4.90 Å². The fraction of sp³-hybridized carbons (Fsp3) is 0.500. The third-order valence-corrected chi connectivity index (χ3v) is 6.43. The molecule has 0 bridgehead atoms. The van der Waals surface area contributed by atoms with Gasteiger partial charge < -0.3 is 19.1 Å². The van der Waals surface area contributed by atoms with Crippen molar-refractivity contribution in [2.45, 2.75) is 26.3 Å². The molecule has 158 valence electrons. The molecule has 1 saturated heterocycles. The number of benzene rings is 1. The SMILES string of the molecule is CC(C)CN(C(=O)COC(=O)C=Cc1ccc2c(c1)OCO2)C1CCS(=O)(=O)C1. The lowest BCUT2D eigenvalue weighted by Crippen LogP contribution is -2.45. The van der Waals surface area contributed by atoms with Crippen LogP contribution in [0.3, 0.4) is 0 Å². The quantitative estimate of drug-likeness (QED) is 0.486. The summed E-state index contributed by atoms with van der Waals surface area (Å²) in [4.78, 5) is 26.1. The average molecular weight is 423 g/mol. The molecule has 0 saturated carbocycles. The predicted octanol–water partition coefficient (Wildman–Crippen LogP) is 1.64. The Bertz CT molecular complexity index is 907. The van der Waals surface area contributed by atoms with E-state index in [1.54, 1.807) is 24.3 Å². The van der Waals surface area contributed by atoms with E-state index < -0.39 is 22.4 Å². The first-order chi connectivity index (χ1) is 13.7. The Labute approximate surface area is 170 Å². The van der Waals surface area contributed by atoms with Crippen LogP contribution in [0.15, 0.2) is 24.3 Å². The normalized spacial score (nSPS) is 19.6. The smallest absolute Gasteiger partial charge is 0.331 e. The number of hydrogen-bond acceptors (Lipinski definition) is 7. The molecule has 1 aromatic rings. The van der Waals surface area contributed by atoms with Crippen LogP contribution in [0.4, 0.5) is 0 Å². The van der Waals surface area contributed by atoms with Gasteiger partial charge in [-0.25, -0.2) is 13.2 Å². The number of esters is 1. The van der Waals surface area contributed by atoms with E-state index >= 15 is 0 Å². The van der Waals surface area contributed by atoms with E-state index in [-0.39, 0.29) is 36.2 Å². The zero-order valence-electron chi connectivity index (χ0n) is 16.5. The topological polar surface area (TPSA) is 99.2 Å². The molecule has 2 aliphatic rings. The van der Waals surface area contributed by atoms with Gasteiger partial charge in [0.2, 0.25) is 6.79 Å². The molecule has 8 nitrogen and oxygen atoms in total. The summed E-state index contributed by atoms with van der Waals surface area (Å²) in [5.41, 5.74) is 0.732. The molecule has 1 atom stereocenters. The molecule has 29 heavy (non-hydrogen) atoms. The molecule has 1 aromatic carbocycles. The second-order valence-electron chi connectivity index (χ2n) is 7.55. The summed E-state index contributed by atoms with van der Waals surface area (Å²) in [5, 5.41) is 0. The third-order valence-electron chi connectivity index (χ3n) is 4.68. The van der Waals surface area contributed by atoms with Crippen LogP contribution >= 0.6 is 0 Å². The number of amides is 1. The highest BCUT2D eigenvalue weighted by Crippen LogP contribution is 2.32. The largest absolute Gasteiger partial charge is 0.454 e. The lowest BCUT2D eigenvalue weighted by atomic mass is 10.1. The Morgan fingerprint density at radius 1 is 1.28 bits per heavy atom. The van der Waals surface area contributed by atoms with Crippen LogP contribution < -0.4 is 9.47 Å². The lowest BCUT2D eigenvalue weighted by Gasteiger charge is -2.29. The van der Waals surface area contributed by atoms with E-state index in [2.05, 4.69) is 0 Å². The minimum absolute atomic E-state index is 0.0383. The Morgan fingerprint density at radius 3 is 2.72 bits per heavy atom. The predicted molar refractivity (Wildman–Crippen MR) is 106 cm³/mol. The molecule has 1 unspecified atom stereocenters. The van der Waals surface area contributed by atoms with Crippen molar-refractivity contribution in [3.8, 4) is 11.5 Å². The molecule has 0 N–H and O–H groups in total. The van der Waals surface area contributed by atoms with Crippen molar-refractivity contribution < 1.29 is 32.2 Å².